The first-order valence-electron chi connectivity index (χ1n) is 7.47. The van der Waals surface area contributed by atoms with Gasteiger partial charge in [-0.25, -0.2) is 0 Å². The number of aromatic nitrogens is 1. The van der Waals surface area contributed by atoms with Crippen molar-refractivity contribution in [2.24, 2.45) is 0 Å². The van der Waals surface area contributed by atoms with Crippen LogP contribution in [0.3, 0.4) is 0 Å². The highest BCUT2D eigenvalue weighted by molar-refractivity contribution is 5.93. The zero-order valence-electron chi connectivity index (χ0n) is 12.8. The molecule has 0 aliphatic rings. The van der Waals surface area contributed by atoms with Crippen molar-refractivity contribution in [1.29, 1.82) is 5.26 Å². The molecule has 0 radical (unpaired) electrons. The fourth-order valence-corrected chi connectivity index (χ4v) is 2.53. The molecule has 1 aromatic heterocycles. The number of nitriles is 1. The summed E-state index contributed by atoms with van der Waals surface area (Å²) in [5.41, 5.74) is 4.90. The third kappa shape index (κ3) is 2.80. The molecule has 0 amide bonds. The van der Waals surface area contributed by atoms with Gasteiger partial charge in [-0.05, 0) is 35.3 Å². The molecule has 2 aromatic carbocycles. The number of nitrogens with zero attached hydrogens (tertiary/aromatic N) is 1. The van der Waals surface area contributed by atoms with Gasteiger partial charge in [0.05, 0.1) is 11.3 Å². The second-order valence-corrected chi connectivity index (χ2v) is 5.76. The van der Waals surface area contributed by atoms with E-state index in [0.717, 1.165) is 22.2 Å². The van der Waals surface area contributed by atoms with E-state index in [1.165, 1.54) is 5.56 Å². The monoisotopic (exact) mass is 286 g/mol. The smallest absolute Gasteiger partial charge is 0.101 e. The molecule has 1 heterocycles. The molecule has 3 rings (SSSR count). The predicted molar refractivity (Wildman–Crippen MR) is 92.3 cm³/mol. The standard InChI is InChI=1S/C20H18N2/c1-14(2)16-9-7-15(8-10-16)11-18(13-21)20-12-17-5-3-4-6-19(17)22-20/h3-12,14,22H,1-2H3/b18-11+. The van der Waals surface area contributed by atoms with Gasteiger partial charge in [0.1, 0.15) is 6.07 Å². The molecule has 0 unspecified atom stereocenters. The van der Waals surface area contributed by atoms with E-state index < -0.39 is 0 Å². The van der Waals surface area contributed by atoms with Gasteiger partial charge in [-0.2, -0.15) is 5.26 Å². The van der Waals surface area contributed by atoms with Crippen LogP contribution in [0.4, 0.5) is 0 Å². The van der Waals surface area contributed by atoms with Crippen molar-refractivity contribution >= 4 is 22.6 Å². The second kappa shape index (κ2) is 5.91. The molecule has 2 heteroatoms. The highest BCUT2D eigenvalue weighted by Crippen LogP contribution is 2.23. The van der Waals surface area contributed by atoms with E-state index in [9.17, 15) is 5.26 Å². The molecular formula is C20H18N2. The van der Waals surface area contributed by atoms with Gasteiger partial charge in [0.2, 0.25) is 0 Å². The first-order valence-corrected chi connectivity index (χ1v) is 7.47. The minimum atomic E-state index is 0.516. The van der Waals surface area contributed by atoms with Crippen LogP contribution in [0.2, 0.25) is 0 Å². The molecular weight excluding hydrogens is 268 g/mol. The summed E-state index contributed by atoms with van der Waals surface area (Å²) in [7, 11) is 0. The van der Waals surface area contributed by atoms with Gasteiger partial charge in [0.15, 0.2) is 0 Å². The van der Waals surface area contributed by atoms with E-state index >= 15 is 0 Å². The molecule has 0 atom stereocenters. The largest absolute Gasteiger partial charge is 0.354 e. The van der Waals surface area contributed by atoms with Crippen molar-refractivity contribution in [2.75, 3.05) is 0 Å². The lowest BCUT2D eigenvalue weighted by atomic mass is 10.0. The number of hydrogen-bond acceptors (Lipinski definition) is 1. The Morgan fingerprint density at radius 2 is 1.82 bits per heavy atom. The van der Waals surface area contributed by atoms with Crippen LogP contribution in [0.5, 0.6) is 0 Å². The third-order valence-corrected chi connectivity index (χ3v) is 3.85. The van der Waals surface area contributed by atoms with Gasteiger partial charge in [-0.3, -0.25) is 0 Å². The Balaban J connectivity index is 1.97. The van der Waals surface area contributed by atoms with Crippen LogP contribution in [0.15, 0.2) is 54.6 Å². The molecule has 0 fully saturated rings. The summed E-state index contributed by atoms with van der Waals surface area (Å²) >= 11 is 0. The first kappa shape index (κ1) is 14.2. The third-order valence-electron chi connectivity index (χ3n) is 3.85. The van der Waals surface area contributed by atoms with E-state index in [4.69, 9.17) is 0 Å². The highest BCUT2D eigenvalue weighted by atomic mass is 14.7. The summed E-state index contributed by atoms with van der Waals surface area (Å²) in [6.45, 7) is 4.35. The molecule has 2 nitrogen and oxygen atoms in total. The highest BCUT2D eigenvalue weighted by Gasteiger charge is 2.06. The second-order valence-electron chi connectivity index (χ2n) is 5.76. The lowest BCUT2D eigenvalue weighted by molar-refractivity contribution is 0.866. The Hall–Kier alpha value is -2.79. The number of H-pyrrole nitrogens is 1. The van der Waals surface area contributed by atoms with Crippen LogP contribution in [0, 0.1) is 11.3 Å². The number of fused-ring (bicyclic) bond motifs is 1. The van der Waals surface area contributed by atoms with Gasteiger partial charge in [0.25, 0.3) is 0 Å². The number of nitrogens with one attached hydrogen (secondary N) is 1. The van der Waals surface area contributed by atoms with E-state index in [0.29, 0.717) is 11.5 Å². The van der Waals surface area contributed by atoms with Gasteiger partial charge >= 0.3 is 0 Å². The van der Waals surface area contributed by atoms with Crippen molar-refractivity contribution in [3.63, 3.8) is 0 Å². The van der Waals surface area contributed by atoms with E-state index in [1.54, 1.807) is 0 Å². The average Bonchev–Trinajstić information content (AvgIpc) is 2.96. The van der Waals surface area contributed by atoms with Gasteiger partial charge in [-0.1, -0.05) is 56.3 Å². The Morgan fingerprint density at radius 3 is 2.45 bits per heavy atom. The predicted octanol–water partition coefficient (Wildman–Crippen LogP) is 5.36. The van der Waals surface area contributed by atoms with E-state index in [2.05, 4.69) is 49.2 Å². The van der Waals surface area contributed by atoms with E-state index in [-0.39, 0.29) is 0 Å². The van der Waals surface area contributed by atoms with Crippen molar-refractivity contribution in [1.82, 2.24) is 4.98 Å². The van der Waals surface area contributed by atoms with Crippen LogP contribution in [-0.4, -0.2) is 4.98 Å². The number of aromatic amines is 1. The zero-order chi connectivity index (χ0) is 15.5. The maximum atomic E-state index is 9.47. The number of para-hydroxylation sites is 1. The topological polar surface area (TPSA) is 39.6 Å². The zero-order valence-corrected chi connectivity index (χ0v) is 12.8. The average molecular weight is 286 g/mol. The molecule has 0 aliphatic heterocycles. The summed E-state index contributed by atoms with van der Waals surface area (Å²) in [5, 5.41) is 10.6. The summed E-state index contributed by atoms with van der Waals surface area (Å²) in [4.78, 5) is 3.31. The molecule has 0 spiro atoms. The fourth-order valence-electron chi connectivity index (χ4n) is 2.53. The molecule has 0 saturated carbocycles. The van der Waals surface area contributed by atoms with Crippen LogP contribution < -0.4 is 0 Å². The molecule has 1 N–H and O–H groups in total. The van der Waals surface area contributed by atoms with Crippen molar-refractivity contribution in [3.05, 3.63) is 71.4 Å². The lowest BCUT2D eigenvalue weighted by Crippen LogP contribution is -1.87. The Bertz CT molecular complexity index is 826. The number of benzene rings is 2. The van der Waals surface area contributed by atoms with Crippen LogP contribution in [0.1, 0.15) is 36.6 Å². The molecule has 0 saturated heterocycles. The quantitative estimate of drug-likeness (QED) is 0.647. The Morgan fingerprint density at radius 1 is 1.09 bits per heavy atom. The number of hydrogen-bond donors (Lipinski definition) is 1. The summed E-state index contributed by atoms with van der Waals surface area (Å²) < 4.78 is 0. The van der Waals surface area contributed by atoms with E-state index in [1.807, 2.05) is 36.4 Å². The summed E-state index contributed by atoms with van der Waals surface area (Å²) in [5.74, 6) is 0.516. The first-order chi connectivity index (χ1) is 10.7. The summed E-state index contributed by atoms with van der Waals surface area (Å²) in [6.07, 6.45) is 1.93. The molecule has 0 bridgehead atoms. The Kier molecular flexibility index (Phi) is 3.80. The minimum absolute atomic E-state index is 0.516. The van der Waals surface area contributed by atoms with Gasteiger partial charge < -0.3 is 4.98 Å². The molecule has 3 aromatic rings. The summed E-state index contributed by atoms with van der Waals surface area (Å²) in [6, 6.07) is 20.7. The van der Waals surface area contributed by atoms with Crippen molar-refractivity contribution in [2.45, 2.75) is 19.8 Å². The molecule has 0 aliphatic carbocycles. The maximum absolute atomic E-state index is 9.47. The normalized spacial score (nSPS) is 11.8. The van der Waals surface area contributed by atoms with Crippen LogP contribution in [-0.2, 0) is 0 Å². The Labute approximate surface area is 130 Å². The van der Waals surface area contributed by atoms with Crippen LogP contribution >= 0.6 is 0 Å². The number of rotatable bonds is 3. The minimum Gasteiger partial charge on any atom is -0.354 e. The maximum Gasteiger partial charge on any atom is 0.101 e. The lowest BCUT2D eigenvalue weighted by Gasteiger charge is -2.05. The molecule has 22 heavy (non-hydrogen) atoms. The SMILES string of the molecule is CC(C)c1ccc(/C=C(\C#N)c2cc3ccccc3[nH]2)cc1. The number of allylic oxidation sites excluding steroid dienone is 1. The fraction of sp³-hybridized carbons (Fsp3) is 0.150. The van der Waals surface area contributed by atoms with Gasteiger partial charge in [-0.15, -0.1) is 0 Å². The van der Waals surface area contributed by atoms with Crippen molar-refractivity contribution in [3.8, 4) is 6.07 Å². The molecule has 108 valence electrons. The van der Waals surface area contributed by atoms with Crippen LogP contribution in [0.25, 0.3) is 22.6 Å². The van der Waals surface area contributed by atoms with Crippen molar-refractivity contribution < 1.29 is 0 Å². The van der Waals surface area contributed by atoms with Gasteiger partial charge in [0, 0.05) is 10.9 Å².